The molecule has 1 aromatic carbocycles. The Morgan fingerprint density at radius 1 is 1.17 bits per heavy atom. The number of carbonyl (C=O) groups excluding carboxylic acids is 1. The van der Waals surface area contributed by atoms with Crippen LogP contribution in [0.1, 0.15) is 18.2 Å². The van der Waals surface area contributed by atoms with Crippen molar-refractivity contribution >= 4 is 17.5 Å². The predicted octanol–water partition coefficient (Wildman–Crippen LogP) is 2.09. The highest BCUT2D eigenvalue weighted by molar-refractivity contribution is 5.88. The first-order valence-electron chi connectivity index (χ1n) is 9.22. The maximum atomic E-state index is 14.2. The number of anilines is 2. The predicted molar refractivity (Wildman–Crippen MR) is 103 cm³/mol. The Hall–Kier alpha value is -3.32. The molecular formula is C19H21F2N7O. The van der Waals surface area contributed by atoms with Crippen LogP contribution in [0.5, 0.6) is 0 Å². The van der Waals surface area contributed by atoms with Crippen LogP contribution in [0.2, 0.25) is 0 Å². The number of benzene rings is 1. The van der Waals surface area contributed by atoms with Gasteiger partial charge in [-0.15, -0.1) is 0 Å². The van der Waals surface area contributed by atoms with Crippen molar-refractivity contribution in [2.45, 2.75) is 13.5 Å². The third-order valence-corrected chi connectivity index (χ3v) is 4.52. The van der Waals surface area contributed by atoms with Crippen molar-refractivity contribution in [1.82, 2.24) is 20.2 Å². The number of nitrogens with one attached hydrogen (secondary N) is 2. The van der Waals surface area contributed by atoms with E-state index in [0.29, 0.717) is 45.1 Å². The van der Waals surface area contributed by atoms with Gasteiger partial charge in [-0.2, -0.15) is 5.26 Å². The maximum absolute atomic E-state index is 14.2. The van der Waals surface area contributed by atoms with Crippen molar-refractivity contribution in [1.29, 1.82) is 5.26 Å². The van der Waals surface area contributed by atoms with Crippen LogP contribution in [0.3, 0.4) is 0 Å². The maximum Gasteiger partial charge on any atom is 0.320 e. The summed E-state index contributed by atoms with van der Waals surface area (Å²) in [6.45, 7) is 4.90. The summed E-state index contributed by atoms with van der Waals surface area (Å²) in [5.74, 6) is -1.06. The van der Waals surface area contributed by atoms with Gasteiger partial charge in [0.25, 0.3) is 0 Å². The number of piperazine rings is 1. The lowest BCUT2D eigenvalue weighted by molar-refractivity contribution is 0.245. The van der Waals surface area contributed by atoms with Gasteiger partial charge in [-0.25, -0.2) is 23.5 Å². The number of halogens is 2. The van der Waals surface area contributed by atoms with Gasteiger partial charge in [-0.1, -0.05) is 0 Å². The second-order valence-corrected chi connectivity index (χ2v) is 6.54. The van der Waals surface area contributed by atoms with Crippen molar-refractivity contribution < 1.29 is 13.6 Å². The molecule has 8 nitrogen and oxygen atoms in total. The lowest BCUT2D eigenvalue weighted by atomic mass is 10.1. The zero-order valence-electron chi connectivity index (χ0n) is 16.0. The summed E-state index contributed by atoms with van der Waals surface area (Å²) < 4.78 is 28.5. The molecule has 1 aliphatic heterocycles. The summed E-state index contributed by atoms with van der Waals surface area (Å²) in [6, 6.07) is 5.21. The Kier molecular flexibility index (Phi) is 6.51. The van der Waals surface area contributed by atoms with Crippen molar-refractivity contribution in [2.75, 3.05) is 42.9 Å². The zero-order valence-corrected chi connectivity index (χ0v) is 16.0. The van der Waals surface area contributed by atoms with Crippen LogP contribution in [-0.4, -0.2) is 53.6 Å². The molecule has 0 saturated carbocycles. The molecule has 1 saturated heterocycles. The van der Waals surface area contributed by atoms with Crippen LogP contribution in [-0.2, 0) is 6.54 Å². The first-order valence-corrected chi connectivity index (χ1v) is 9.22. The summed E-state index contributed by atoms with van der Waals surface area (Å²) in [5, 5.41) is 14.1. The Bertz CT molecular complexity index is 900. The highest BCUT2D eigenvalue weighted by Gasteiger charge is 2.23. The van der Waals surface area contributed by atoms with Crippen molar-refractivity contribution in [3.63, 3.8) is 0 Å². The van der Waals surface area contributed by atoms with Gasteiger partial charge in [0.15, 0.2) is 11.6 Å². The number of nitrogens with zero attached hydrogens (tertiary/aromatic N) is 5. The molecule has 0 spiro atoms. The summed E-state index contributed by atoms with van der Waals surface area (Å²) in [4.78, 5) is 23.6. The fraction of sp³-hybridized carbons (Fsp3) is 0.368. The quantitative estimate of drug-likeness (QED) is 0.796. The molecule has 2 amide bonds. The third kappa shape index (κ3) is 5.14. The van der Waals surface area contributed by atoms with E-state index in [4.69, 9.17) is 5.26 Å². The van der Waals surface area contributed by atoms with E-state index < -0.39 is 11.6 Å². The molecule has 1 aromatic heterocycles. The molecule has 1 aliphatic rings. The highest BCUT2D eigenvalue weighted by Crippen LogP contribution is 2.26. The standard InChI is InChI=1S/C19H21F2N7O/c1-2-23-19(29)26-17-9-14(24-12-25-17)11-27-3-5-28(6-4-27)18-15(20)7-13(10-22)8-16(18)21/h7-9,12H,2-6,11H2,1H3,(H2,23,24,25,26,29). The summed E-state index contributed by atoms with van der Waals surface area (Å²) >= 11 is 0. The molecule has 0 unspecified atom stereocenters. The Morgan fingerprint density at radius 2 is 1.86 bits per heavy atom. The average molecular weight is 401 g/mol. The van der Waals surface area contributed by atoms with Gasteiger partial charge in [-0.3, -0.25) is 10.2 Å². The number of amides is 2. The first kappa shape index (κ1) is 20.4. The van der Waals surface area contributed by atoms with Crippen LogP contribution < -0.4 is 15.5 Å². The number of hydrogen-bond donors (Lipinski definition) is 2. The van der Waals surface area contributed by atoms with Crippen LogP contribution in [0.15, 0.2) is 24.5 Å². The summed E-state index contributed by atoms with van der Waals surface area (Å²) in [7, 11) is 0. The average Bonchev–Trinajstić information content (AvgIpc) is 2.69. The van der Waals surface area contributed by atoms with E-state index in [1.54, 1.807) is 17.0 Å². The molecule has 10 heteroatoms. The Labute approximate surface area is 167 Å². The third-order valence-electron chi connectivity index (χ3n) is 4.52. The molecule has 29 heavy (non-hydrogen) atoms. The van der Waals surface area contributed by atoms with Crippen molar-refractivity contribution in [2.24, 2.45) is 0 Å². The molecule has 0 bridgehead atoms. The molecule has 0 atom stereocenters. The Morgan fingerprint density at radius 3 is 2.48 bits per heavy atom. The monoisotopic (exact) mass is 401 g/mol. The fourth-order valence-corrected chi connectivity index (χ4v) is 3.16. The molecule has 2 heterocycles. The van der Waals surface area contributed by atoms with Crippen molar-refractivity contribution in [3.05, 3.63) is 47.4 Å². The Balaban J connectivity index is 1.60. The number of urea groups is 1. The lowest BCUT2D eigenvalue weighted by Crippen LogP contribution is -2.46. The number of hydrogen-bond acceptors (Lipinski definition) is 6. The van der Waals surface area contributed by atoms with E-state index in [1.165, 1.54) is 6.33 Å². The molecule has 2 aromatic rings. The van der Waals surface area contributed by atoms with E-state index in [9.17, 15) is 13.6 Å². The largest absolute Gasteiger partial charge is 0.364 e. The lowest BCUT2D eigenvalue weighted by Gasteiger charge is -2.36. The summed E-state index contributed by atoms with van der Waals surface area (Å²) in [5.41, 5.74) is 0.596. The fourth-order valence-electron chi connectivity index (χ4n) is 3.16. The van der Waals surface area contributed by atoms with Gasteiger partial charge >= 0.3 is 6.03 Å². The highest BCUT2D eigenvalue weighted by atomic mass is 19.1. The molecule has 0 radical (unpaired) electrons. The minimum atomic E-state index is -0.730. The minimum absolute atomic E-state index is 0.0387. The van der Waals surface area contributed by atoms with E-state index in [2.05, 4.69) is 25.5 Å². The number of carbonyl (C=O) groups is 1. The number of nitriles is 1. The van der Waals surface area contributed by atoms with Crippen LogP contribution in [0.25, 0.3) is 0 Å². The smallest absolute Gasteiger partial charge is 0.320 e. The first-order chi connectivity index (χ1) is 14.0. The van der Waals surface area contributed by atoms with Gasteiger partial charge in [0.1, 0.15) is 17.8 Å². The molecule has 3 rings (SSSR count). The SMILES string of the molecule is CCNC(=O)Nc1cc(CN2CCN(c3c(F)cc(C#N)cc3F)CC2)ncn1. The molecule has 1 fully saturated rings. The minimum Gasteiger partial charge on any atom is -0.364 e. The van der Waals surface area contributed by atoms with E-state index in [1.807, 2.05) is 6.92 Å². The van der Waals surface area contributed by atoms with E-state index >= 15 is 0 Å². The van der Waals surface area contributed by atoms with Gasteiger partial charge in [0, 0.05) is 45.3 Å². The zero-order chi connectivity index (χ0) is 20.8. The number of rotatable bonds is 5. The molecular weight excluding hydrogens is 380 g/mol. The molecule has 2 N–H and O–H groups in total. The van der Waals surface area contributed by atoms with Crippen LogP contribution in [0, 0.1) is 23.0 Å². The second-order valence-electron chi connectivity index (χ2n) is 6.54. The van der Waals surface area contributed by atoms with Gasteiger partial charge in [0.2, 0.25) is 0 Å². The van der Waals surface area contributed by atoms with Gasteiger partial charge < -0.3 is 10.2 Å². The van der Waals surface area contributed by atoms with E-state index in [-0.39, 0.29) is 17.3 Å². The van der Waals surface area contributed by atoms with Gasteiger partial charge in [-0.05, 0) is 19.1 Å². The van der Waals surface area contributed by atoms with Gasteiger partial charge in [0.05, 0.1) is 17.3 Å². The van der Waals surface area contributed by atoms with Crippen LogP contribution >= 0.6 is 0 Å². The summed E-state index contributed by atoms with van der Waals surface area (Å²) in [6.07, 6.45) is 1.38. The van der Waals surface area contributed by atoms with Crippen molar-refractivity contribution in [3.8, 4) is 6.07 Å². The topological polar surface area (TPSA) is 97.2 Å². The number of aromatic nitrogens is 2. The van der Waals surface area contributed by atoms with Crippen LogP contribution in [0.4, 0.5) is 25.1 Å². The van der Waals surface area contributed by atoms with E-state index in [0.717, 1.165) is 17.8 Å². The molecule has 152 valence electrons. The molecule has 0 aliphatic carbocycles. The second kappa shape index (κ2) is 9.25. The normalized spacial score (nSPS) is 14.3.